The molecular formula is C37H36F2N8O2. The fourth-order valence-corrected chi connectivity index (χ4v) is 7.34. The van der Waals surface area contributed by atoms with E-state index in [0.29, 0.717) is 42.8 Å². The van der Waals surface area contributed by atoms with Crippen LogP contribution in [0.3, 0.4) is 0 Å². The fraction of sp³-hybridized carbons (Fsp3) is 0.324. The number of fused-ring (bicyclic) bond motifs is 1. The van der Waals surface area contributed by atoms with Gasteiger partial charge in [0.25, 0.3) is 0 Å². The van der Waals surface area contributed by atoms with Gasteiger partial charge in [-0.3, -0.25) is 19.8 Å². The number of piperazine rings is 1. The monoisotopic (exact) mass is 662 g/mol. The molecule has 2 atom stereocenters. The van der Waals surface area contributed by atoms with Crippen LogP contribution in [0.2, 0.25) is 0 Å². The van der Waals surface area contributed by atoms with Gasteiger partial charge < -0.3 is 9.80 Å². The quantitative estimate of drug-likeness (QED) is 0.236. The van der Waals surface area contributed by atoms with E-state index in [1.807, 2.05) is 47.5 Å². The predicted molar refractivity (Wildman–Crippen MR) is 181 cm³/mol. The Hall–Kier alpha value is -5.23. The maximum atomic E-state index is 14.7. The molecule has 12 heteroatoms. The summed E-state index contributed by atoms with van der Waals surface area (Å²) < 4.78 is 30.5. The summed E-state index contributed by atoms with van der Waals surface area (Å²) in [6, 6.07) is 19.4. The number of anilines is 2. The van der Waals surface area contributed by atoms with Gasteiger partial charge in [0.05, 0.1) is 29.4 Å². The first-order valence-electron chi connectivity index (χ1n) is 16.8. The lowest BCUT2D eigenvalue weighted by molar-refractivity contribution is -0.134. The molecular weight excluding hydrogens is 626 g/mol. The summed E-state index contributed by atoms with van der Waals surface area (Å²) in [5.74, 6) is 0.0435. The molecule has 0 bridgehead atoms. The van der Waals surface area contributed by atoms with Crippen molar-refractivity contribution in [2.24, 2.45) is 0 Å². The lowest BCUT2D eigenvalue weighted by atomic mass is 9.90. The molecule has 3 saturated heterocycles. The Morgan fingerprint density at radius 2 is 1.69 bits per heavy atom. The number of hydrogen-bond acceptors (Lipinski definition) is 8. The number of aromatic nitrogens is 4. The number of imide groups is 1. The van der Waals surface area contributed by atoms with Crippen LogP contribution in [0.4, 0.5) is 20.4 Å². The molecule has 2 aromatic carbocycles. The summed E-state index contributed by atoms with van der Waals surface area (Å²) in [5.41, 5.74) is 4.71. The maximum Gasteiger partial charge on any atom is 0.234 e. The van der Waals surface area contributed by atoms with Crippen LogP contribution in [0.25, 0.3) is 16.9 Å². The number of carbonyl (C=O) groups excluding carboxylic acids is 2. The number of benzene rings is 2. The van der Waals surface area contributed by atoms with E-state index >= 15 is 0 Å². The third-order valence-corrected chi connectivity index (χ3v) is 9.95. The van der Waals surface area contributed by atoms with Crippen molar-refractivity contribution in [2.45, 2.75) is 44.2 Å². The van der Waals surface area contributed by atoms with E-state index in [4.69, 9.17) is 9.97 Å². The smallest absolute Gasteiger partial charge is 0.234 e. The van der Waals surface area contributed by atoms with Gasteiger partial charge in [-0.05, 0) is 66.8 Å². The number of hydrogen-bond donors (Lipinski definition) is 1. The second-order valence-electron chi connectivity index (χ2n) is 13.0. The molecule has 3 aliphatic rings. The van der Waals surface area contributed by atoms with Gasteiger partial charge in [0.15, 0.2) is 5.65 Å². The minimum Gasteiger partial charge on any atom is -0.354 e. The van der Waals surface area contributed by atoms with Crippen LogP contribution in [0, 0.1) is 11.6 Å². The summed E-state index contributed by atoms with van der Waals surface area (Å²) in [7, 11) is 0. The Morgan fingerprint density at radius 1 is 0.857 bits per heavy atom. The van der Waals surface area contributed by atoms with Crippen LogP contribution in [-0.2, 0) is 16.1 Å². The van der Waals surface area contributed by atoms with Crippen LogP contribution in [-0.4, -0.2) is 69.0 Å². The molecule has 0 aliphatic carbocycles. The Morgan fingerprint density at radius 3 is 2.51 bits per heavy atom. The summed E-state index contributed by atoms with van der Waals surface area (Å²) in [6.07, 6.45) is 6.12. The van der Waals surface area contributed by atoms with E-state index in [-0.39, 0.29) is 23.8 Å². The van der Waals surface area contributed by atoms with Crippen molar-refractivity contribution in [1.29, 1.82) is 0 Å². The summed E-state index contributed by atoms with van der Waals surface area (Å²) in [4.78, 5) is 40.5. The SMILES string of the molecule is O=C1CCC(c2ccc(CN3CCN(c4cccc(-c5cnn6ccc(N7CCC[C@@H]7c7cc(F)ccc7F)nc56)n4)CC3)cc2)C(=O)N1. The number of halogens is 2. The molecule has 3 aliphatic heterocycles. The second-order valence-corrected chi connectivity index (χ2v) is 13.0. The third-order valence-electron chi connectivity index (χ3n) is 9.95. The molecule has 10 nitrogen and oxygen atoms in total. The van der Waals surface area contributed by atoms with Gasteiger partial charge in [0.1, 0.15) is 23.3 Å². The van der Waals surface area contributed by atoms with Crippen molar-refractivity contribution in [2.75, 3.05) is 42.5 Å². The van der Waals surface area contributed by atoms with Crippen LogP contribution in [0.5, 0.6) is 0 Å². The topological polar surface area (TPSA) is 99.0 Å². The van der Waals surface area contributed by atoms with Gasteiger partial charge >= 0.3 is 0 Å². The molecule has 5 aromatic rings. The Kier molecular flexibility index (Phi) is 8.24. The lowest BCUT2D eigenvalue weighted by Crippen LogP contribution is -2.46. The largest absolute Gasteiger partial charge is 0.354 e. The van der Waals surface area contributed by atoms with Crippen molar-refractivity contribution in [1.82, 2.24) is 29.8 Å². The zero-order chi connectivity index (χ0) is 33.5. The van der Waals surface area contributed by atoms with Crippen molar-refractivity contribution in [3.63, 3.8) is 0 Å². The number of pyridine rings is 1. The van der Waals surface area contributed by atoms with Gasteiger partial charge in [0, 0.05) is 57.4 Å². The molecule has 3 aromatic heterocycles. The number of nitrogens with one attached hydrogen (secondary N) is 1. The molecule has 2 amide bonds. The second kappa shape index (κ2) is 13.0. The number of piperidine rings is 1. The molecule has 250 valence electrons. The van der Waals surface area contributed by atoms with Crippen molar-refractivity contribution in [3.05, 3.63) is 107 Å². The van der Waals surface area contributed by atoms with Crippen molar-refractivity contribution in [3.8, 4) is 11.3 Å². The molecule has 0 spiro atoms. The average Bonchev–Trinajstić information content (AvgIpc) is 3.78. The highest BCUT2D eigenvalue weighted by molar-refractivity contribution is 6.00. The maximum absolute atomic E-state index is 14.7. The van der Waals surface area contributed by atoms with Gasteiger partial charge in [0.2, 0.25) is 11.8 Å². The Bertz CT molecular complexity index is 2030. The Labute approximate surface area is 282 Å². The molecule has 0 radical (unpaired) electrons. The molecule has 3 fully saturated rings. The van der Waals surface area contributed by atoms with E-state index in [2.05, 4.69) is 32.3 Å². The lowest BCUT2D eigenvalue weighted by Gasteiger charge is -2.35. The molecule has 1 unspecified atom stereocenters. The standard InChI is InChI=1S/C37H36F2N8O2/c38-26-10-12-30(39)28(21-26)32-4-2-15-46(32)34-14-16-47-36(42-34)29(22-40-47)31-3-1-5-33(41-31)45-19-17-44(18-20-45)23-24-6-8-25(9-7-24)27-11-13-35(48)43-37(27)49/h1,3,5-10,12,14,16,21-22,27,32H,2,4,11,13,15,17-20,23H2,(H,43,48,49)/t27?,32-/m1/s1. The number of nitrogens with zero attached hydrogens (tertiary/aromatic N) is 7. The third kappa shape index (κ3) is 6.24. The first-order chi connectivity index (χ1) is 23.9. The van der Waals surface area contributed by atoms with Gasteiger partial charge in [-0.2, -0.15) is 5.10 Å². The van der Waals surface area contributed by atoms with Crippen molar-refractivity contribution < 1.29 is 18.4 Å². The first-order valence-corrected chi connectivity index (χ1v) is 16.8. The first kappa shape index (κ1) is 31.1. The minimum atomic E-state index is -0.449. The van der Waals surface area contributed by atoms with Crippen molar-refractivity contribution >= 4 is 29.1 Å². The number of amides is 2. The van der Waals surface area contributed by atoms with Crippen LogP contribution in [0.15, 0.2) is 79.1 Å². The van der Waals surface area contributed by atoms with E-state index in [1.54, 1.807) is 10.7 Å². The van der Waals surface area contributed by atoms with Gasteiger partial charge in [-0.15, -0.1) is 0 Å². The normalized spacial score (nSPS) is 20.3. The van der Waals surface area contributed by atoms with E-state index < -0.39 is 11.6 Å². The van der Waals surface area contributed by atoms with E-state index in [1.165, 1.54) is 17.7 Å². The predicted octanol–water partition coefficient (Wildman–Crippen LogP) is 5.25. The fourth-order valence-electron chi connectivity index (χ4n) is 7.34. The zero-order valence-electron chi connectivity index (χ0n) is 26.9. The summed E-state index contributed by atoms with van der Waals surface area (Å²) in [5, 5.41) is 6.97. The number of carbonyl (C=O) groups is 2. The van der Waals surface area contributed by atoms with Gasteiger partial charge in [-0.1, -0.05) is 30.3 Å². The summed E-state index contributed by atoms with van der Waals surface area (Å²) >= 11 is 0. The highest BCUT2D eigenvalue weighted by Crippen LogP contribution is 2.37. The van der Waals surface area contributed by atoms with E-state index in [0.717, 1.165) is 67.8 Å². The van der Waals surface area contributed by atoms with Crippen LogP contribution in [0.1, 0.15) is 54.3 Å². The zero-order valence-corrected chi connectivity index (χ0v) is 26.9. The average molecular weight is 663 g/mol. The molecule has 0 saturated carbocycles. The Balaban J connectivity index is 0.943. The highest BCUT2D eigenvalue weighted by atomic mass is 19.1. The van der Waals surface area contributed by atoms with Gasteiger partial charge in [-0.25, -0.2) is 23.3 Å². The molecule has 49 heavy (non-hydrogen) atoms. The number of rotatable bonds is 7. The minimum absolute atomic E-state index is 0.199. The molecule has 6 heterocycles. The van der Waals surface area contributed by atoms with Crippen LogP contribution >= 0.6 is 0 Å². The van der Waals surface area contributed by atoms with E-state index in [9.17, 15) is 18.4 Å². The highest BCUT2D eigenvalue weighted by Gasteiger charge is 2.31. The molecule has 8 rings (SSSR count). The summed E-state index contributed by atoms with van der Waals surface area (Å²) in [6.45, 7) is 4.93. The van der Waals surface area contributed by atoms with Crippen LogP contribution < -0.4 is 15.1 Å². The molecule has 1 N–H and O–H groups in total.